The fourth-order valence-corrected chi connectivity index (χ4v) is 1.53. The average Bonchev–Trinajstić information content (AvgIpc) is 2.87. The number of aromatic amines is 1. The van der Waals surface area contributed by atoms with E-state index in [1.165, 1.54) is 6.33 Å². The van der Waals surface area contributed by atoms with Crippen molar-refractivity contribution >= 4 is 5.95 Å². The van der Waals surface area contributed by atoms with E-state index in [4.69, 9.17) is 4.74 Å². The number of nitrogens with one attached hydrogen (secondary N) is 2. The Morgan fingerprint density at radius 1 is 1.39 bits per heavy atom. The van der Waals surface area contributed by atoms with Crippen LogP contribution in [0.1, 0.15) is 17.9 Å². The largest absolute Gasteiger partial charge is 0.481 e. The highest BCUT2D eigenvalue weighted by Gasteiger charge is 2.02. The van der Waals surface area contributed by atoms with Gasteiger partial charge >= 0.3 is 0 Å². The molecule has 18 heavy (non-hydrogen) atoms. The quantitative estimate of drug-likeness (QED) is 0.740. The van der Waals surface area contributed by atoms with Crippen LogP contribution in [0.15, 0.2) is 12.4 Å². The standard InChI is InChI=1S/C11H16N6O/c1-8-6-10(18-2)16-11(15-8)12-5-3-4-9-13-7-14-17-9/h6-7H,3-5H2,1-2H3,(H,12,15,16)(H,13,14,17). The van der Waals surface area contributed by atoms with Crippen molar-refractivity contribution in [2.75, 3.05) is 19.0 Å². The second-order valence-corrected chi connectivity index (χ2v) is 3.84. The number of rotatable bonds is 6. The number of anilines is 1. The predicted octanol–water partition coefficient (Wildman–Crippen LogP) is 0.956. The molecule has 0 radical (unpaired) electrons. The number of aryl methyl sites for hydroxylation is 2. The van der Waals surface area contributed by atoms with Gasteiger partial charge in [0, 0.05) is 24.7 Å². The van der Waals surface area contributed by atoms with E-state index < -0.39 is 0 Å². The van der Waals surface area contributed by atoms with E-state index in [9.17, 15) is 0 Å². The third kappa shape index (κ3) is 3.41. The molecule has 2 aromatic heterocycles. The van der Waals surface area contributed by atoms with Gasteiger partial charge in [0.25, 0.3) is 0 Å². The first-order valence-electron chi connectivity index (χ1n) is 5.75. The van der Waals surface area contributed by atoms with E-state index in [1.807, 2.05) is 6.92 Å². The molecule has 0 saturated heterocycles. The smallest absolute Gasteiger partial charge is 0.226 e. The maximum atomic E-state index is 5.09. The second kappa shape index (κ2) is 5.95. The van der Waals surface area contributed by atoms with Gasteiger partial charge in [0.1, 0.15) is 12.2 Å². The first-order chi connectivity index (χ1) is 8.78. The summed E-state index contributed by atoms with van der Waals surface area (Å²) in [5, 5.41) is 9.78. The zero-order valence-electron chi connectivity index (χ0n) is 10.5. The molecule has 7 nitrogen and oxygen atoms in total. The molecular formula is C11H16N6O. The van der Waals surface area contributed by atoms with Crippen LogP contribution in [0, 0.1) is 6.92 Å². The molecule has 0 fully saturated rings. The SMILES string of the molecule is COc1cc(C)nc(NCCCc2ncn[nH]2)n1. The number of hydrogen-bond acceptors (Lipinski definition) is 6. The van der Waals surface area contributed by atoms with Crippen LogP contribution in [-0.2, 0) is 6.42 Å². The van der Waals surface area contributed by atoms with Crippen LogP contribution in [0.4, 0.5) is 5.95 Å². The van der Waals surface area contributed by atoms with Gasteiger partial charge in [0.15, 0.2) is 0 Å². The van der Waals surface area contributed by atoms with Gasteiger partial charge in [-0.05, 0) is 13.3 Å². The molecule has 0 spiro atoms. The molecule has 2 N–H and O–H groups in total. The number of H-pyrrole nitrogens is 1. The summed E-state index contributed by atoms with van der Waals surface area (Å²) in [5.74, 6) is 2.05. The minimum atomic E-state index is 0.570. The van der Waals surface area contributed by atoms with Crippen LogP contribution in [0.3, 0.4) is 0 Å². The van der Waals surface area contributed by atoms with Crippen molar-refractivity contribution in [1.29, 1.82) is 0 Å². The van der Waals surface area contributed by atoms with Crippen LogP contribution in [-0.4, -0.2) is 38.8 Å². The summed E-state index contributed by atoms with van der Waals surface area (Å²) >= 11 is 0. The monoisotopic (exact) mass is 248 g/mol. The molecule has 7 heteroatoms. The van der Waals surface area contributed by atoms with Gasteiger partial charge in [-0.15, -0.1) is 0 Å². The maximum Gasteiger partial charge on any atom is 0.226 e. The highest BCUT2D eigenvalue weighted by atomic mass is 16.5. The van der Waals surface area contributed by atoms with E-state index in [0.717, 1.165) is 30.9 Å². The van der Waals surface area contributed by atoms with Gasteiger partial charge in [-0.2, -0.15) is 10.1 Å². The third-order valence-electron chi connectivity index (χ3n) is 2.38. The molecule has 0 atom stereocenters. The van der Waals surface area contributed by atoms with Crippen LogP contribution < -0.4 is 10.1 Å². The topological polar surface area (TPSA) is 88.6 Å². The van der Waals surface area contributed by atoms with Gasteiger partial charge in [-0.25, -0.2) is 9.97 Å². The van der Waals surface area contributed by atoms with Crippen molar-refractivity contribution < 1.29 is 4.74 Å². The Balaban J connectivity index is 1.81. The number of ether oxygens (including phenoxy) is 1. The van der Waals surface area contributed by atoms with E-state index in [-0.39, 0.29) is 0 Å². The Labute approximate surface area is 105 Å². The molecule has 0 amide bonds. The summed E-state index contributed by atoms with van der Waals surface area (Å²) in [7, 11) is 1.59. The lowest BCUT2D eigenvalue weighted by molar-refractivity contribution is 0.397. The minimum absolute atomic E-state index is 0.570. The Morgan fingerprint density at radius 3 is 3.00 bits per heavy atom. The van der Waals surface area contributed by atoms with Gasteiger partial charge < -0.3 is 10.1 Å². The van der Waals surface area contributed by atoms with E-state index in [2.05, 4.69) is 30.5 Å². The van der Waals surface area contributed by atoms with Crippen molar-refractivity contribution in [3.8, 4) is 5.88 Å². The van der Waals surface area contributed by atoms with Gasteiger partial charge in [0.05, 0.1) is 7.11 Å². The van der Waals surface area contributed by atoms with Crippen LogP contribution in [0.2, 0.25) is 0 Å². The number of aromatic nitrogens is 5. The average molecular weight is 248 g/mol. The molecule has 2 heterocycles. The molecule has 2 aromatic rings. The molecule has 0 saturated carbocycles. The maximum absolute atomic E-state index is 5.09. The predicted molar refractivity (Wildman–Crippen MR) is 66.5 cm³/mol. The zero-order chi connectivity index (χ0) is 12.8. The summed E-state index contributed by atoms with van der Waals surface area (Å²) in [4.78, 5) is 12.5. The normalized spacial score (nSPS) is 10.3. The minimum Gasteiger partial charge on any atom is -0.481 e. The van der Waals surface area contributed by atoms with Crippen molar-refractivity contribution in [2.45, 2.75) is 19.8 Å². The molecule has 0 aromatic carbocycles. The van der Waals surface area contributed by atoms with Gasteiger partial charge in [0.2, 0.25) is 11.8 Å². The summed E-state index contributed by atoms with van der Waals surface area (Å²) < 4.78 is 5.09. The fraction of sp³-hybridized carbons (Fsp3) is 0.455. The molecule has 0 aliphatic carbocycles. The van der Waals surface area contributed by atoms with E-state index in [1.54, 1.807) is 13.2 Å². The lowest BCUT2D eigenvalue weighted by atomic mass is 10.3. The highest BCUT2D eigenvalue weighted by molar-refractivity contribution is 5.30. The first kappa shape index (κ1) is 12.3. The van der Waals surface area contributed by atoms with E-state index in [0.29, 0.717) is 11.8 Å². The van der Waals surface area contributed by atoms with Gasteiger partial charge in [-0.1, -0.05) is 0 Å². The molecule has 96 valence electrons. The lowest BCUT2D eigenvalue weighted by Gasteiger charge is -2.06. The molecule has 0 aliphatic rings. The third-order valence-corrected chi connectivity index (χ3v) is 2.38. The lowest BCUT2D eigenvalue weighted by Crippen LogP contribution is -2.08. The number of methoxy groups -OCH3 is 1. The van der Waals surface area contributed by atoms with Gasteiger partial charge in [-0.3, -0.25) is 5.10 Å². The molecule has 0 aliphatic heterocycles. The van der Waals surface area contributed by atoms with Crippen LogP contribution in [0.5, 0.6) is 5.88 Å². The van der Waals surface area contributed by atoms with Crippen molar-refractivity contribution in [3.63, 3.8) is 0 Å². The summed E-state index contributed by atoms with van der Waals surface area (Å²) in [6, 6.07) is 1.79. The van der Waals surface area contributed by atoms with Crippen molar-refractivity contribution in [1.82, 2.24) is 25.1 Å². The first-order valence-corrected chi connectivity index (χ1v) is 5.75. The Morgan fingerprint density at radius 2 is 2.28 bits per heavy atom. The second-order valence-electron chi connectivity index (χ2n) is 3.84. The molecule has 0 unspecified atom stereocenters. The summed E-state index contributed by atoms with van der Waals surface area (Å²) in [6.45, 7) is 2.68. The highest BCUT2D eigenvalue weighted by Crippen LogP contribution is 2.11. The fourth-order valence-electron chi connectivity index (χ4n) is 1.53. The molecule has 0 bridgehead atoms. The number of nitrogens with zero attached hydrogens (tertiary/aromatic N) is 4. The zero-order valence-corrected chi connectivity index (χ0v) is 10.5. The van der Waals surface area contributed by atoms with E-state index >= 15 is 0 Å². The summed E-state index contributed by atoms with van der Waals surface area (Å²) in [6.07, 6.45) is 3.28. The molecule has 2 rings (SSSR count). The summed E-state index contributed by atoms with van der Waals surface area (Å²) in [5.41, 5.74) is 0.875. The van der Waals surface area contributed by atoms with Crippen molar-refractivity contribution in [3.05, 3.63) is 23.9 Å². The van der Waals surface area contributed by atoms with Crippen LogP contribution in [0.25, 0.3) is 0 Å². The van der Waals surface area contributed by atoms with Crippen LogP contribution >= 0.6 is 0 Å². The Kier molecular flexibility index (Phi) is 4.06. The Hall–Kier alpha value is -2.18. The number of hydrogen-bond donors (Lipinski definition) is 2. The molecular weight excluding hydrogens is 232 g/mol. The Bertz CT molecular complexity index is 484. The van der Waals surface area contributed by atoms with Crippen molar-refractivity contribution in [2.24, 2.45) is 0 Å².